The lowest BCUT2D eigenvalue weighted by molar-refractivity contribution is 0.233. The molecule has 4 heteroatoms. The van der Waals surface area contributed by atoms with Crippen LogP contribution in [0.3, 0.4) is 0 Å². The number of carbonyl (C=O) groups is 1. The van der Waals surface area contributed by atoms with Crippen molar-refractivity contribution in [2.24, 2.45) is 0 Å². The Labute approximate surface area is 110 Å². The van der Waals surface area contributed by atoms with Crippen molar-refractivity contribution in [3.63, 3.8) is 0 Å². The molecule has 0 atom stereocenters. The van der Waals surface area contributed by atoms with E-state index in [-0.39, 0.29) is 4.82 Å². The SMILES string of the molecule is CC(C)Sc1ccc(CN(C)C(=O)Br)cc1. The van der Waals surface area contributed by atoms with Gasteiger partial charge in [-0.05, 0) is 17.7 Å². The number of amides is 1. The molecule has 1 amide bonds. The molecular weight excluding hydrogens is 286 g/mol. The van der Waals surface area contributed by atoms with Gasteiger partial charge >= 0.3 is 0 Å². The van der Waals surface area contributed by atoms with E-state index in [0.29, 0.717) is 11.8 Å². The van der Waals surface area contributed by atoms with Crippen LogP contribution in [0.25, 0.3) is 0 Å². The third-order valence-corrected chi connectivity index (χ3v) is 3.64. The van der Waals surface area contributed by atoms with E-state index in [9.17, 15) is 4.79 Å². The molecule has 1 aromatic rings. The Morgan fingerprint density at radius 3 is 2.38 bits per heavy atom. The summed E-state index contributed by atoms with van der Waals surface area (Å²) in [6.45, 7) is 4.99. The second-order valence-electron chi connectivity index (χ2n) is 3.92. The monoisotopic (exact) mass is 301 g/mol. The molecule has 0 aliphatic carbocycles. The third-order valence-electron chi connectivity index (χ3n) is 2.01. The fraction of sp³-hybridized carbons (Fsp3) is 0.417. The van der Waals surface area contributed by atoms with Crippen LogP contribution in [0.2, 0.25) is 0 Å². The molecule has 0 aliphatic rings. The zero-order valence-corrected chi connectivity index (χ0v) is 12.1. The van der Waals surface area contributed by atoms with E-state index in [0.717, 1.165) is 5.56 Å². The molecule has 16 heavy (non-hydrogen) atoms. The number of hydrogen-bond acceptors (Lipinski definition) is 2. The molecule has 88 valence electrons. The average Bonchev–Trinajstić information content (AvgIpc) is 2.20. The summed E-state index contributed by atoms with van der Waals surface area (Å²) >= 11 is 4.77. The summed E-state index contributed by atoms with van der Waals surface area (Å²) in [7, 11) is 1.77. The maximum absolute atomic E-state index is 11.0. The summed E-state index contributed by atoms with van der Waals surface area (Å²) < 4.78 is 0. The molecule has 0 fully saturated rings. The van der Waals surface area contributed by atoms with Gasteiger partial charge in [0.05, 0.1) is 0 Å². The molecule has 0 N–H and O–H groups in total. The summed E-state index contributed by atoms with van der Waals surface area (Å²) in [5.41, 5.74) is 1.14. The van der Waals surface area contributed by atoms with Crippen LogP contribution in [-0.2, 0) is 6.54 Å². The van der Waals surface area contributed by atoms with Gasteiger partial charge in [-0.3, -0.25) is 4.79 Å². The van der Waals surface area contributed by atoms with Crippen molar-refractivity contribution in [1.82, 2.24) is 4.90 Å². The predicted molar refractivity (Wildman–Crippen MR) is 73.2 cm³/mol. The van der Waals surface area contributed by atoms with Crippen molar-refractivity contribution in [1.29, 1.82) is 0 Å². The van der Waals surface area contributed by atoms with E-state index < -0.39 is 0 Å². The summed E-state index contributed by atoms with van der Waals surface area (Å²) in [6.07, 6.45) is 0. The highest BCUT2D eigenvalue weighted by Gasteiger charge is 2.05. The quantitative estimate of drug-likeness (QED) is 0.473. The molecule has 0 saturated heterocycles. The average molecular weight is 302 g/mol. The smallest absolute Gasteiger partial charge is 0.289 e. The molecule has 0 radical (unpaired) electrons. The minimum atomic E-state index is -0.0897. The summed E-state index contributed by atoms with van der Waals surface area (Å²) in [4.78, 5) is 13.8. The van der Waals surface area contributed by atoms with Gasteiger partial charge in [0.25, 0.3) is 4.82 Å². The third kappa shape index (κ3) is 4.58. The number of nitrogens with zero attached hydrogens (tertiary/aromatic N) is 1. The van der Waals surface area contributed by atoms with E-state index in [1.165, 1.54) is 4.90 Å². The number of hydrogen-bond donors (Lipinski definition) is 0. The Bertz CT molecular complexity index is 351. The zero-order chi connectivity index (χ0) is 12.1. The maximum atomic E-state index is 11.0. The van der Waals surface area contributed by atoms with Crippen LogP contribution in [0.15, 0.2) is 29.2 Å². The summed E-state index contributed by atoms with van der Waals surface area (Å²) in [5, 5.41) is 0.595. The highest BCUT2D eigenvalue weighted by Crippen LogP contribution is 2.23. The van der Waals surface area contributed by atoms with E-state index in [2.05, 4.69) is 54.0 Å². The van der Waals surface area contributed by atoms with Gasteiger partial charge in [0.2, 0.25) is 0 Å². The van der Waals surface area contributed by atoms with Crippen molar-refractivity contribution >= 4 is 32.5 Å². The fourth-order valence-corrected chi connectivity index (χ4v) is 2.24. The Morgan fingerprint density at radius 1 is 1.38 bits per heavy atom. The Hall–Kier alpha value is -0.480. The largest absolute Gasteiger partial charge is 0.332 e. The van der Waals surface area contributed by atoms with Crippen molar-refractivity contribution < 1.29 is 4.79 Å². The highest BCUT2D eigenvalue weighted by molar-refractivity contribution is 9.18. The summed E-state index contributed by atoms with van der Waals surface area (Å²) in [6, 6.07) is 8.34. The van der Waals surface area contributed by atoms with Gasteiger partial charge in [-0.1, -0.05) is 26.0 Å². The van der Waals surface area contributed by atoms with Gasteiger partial charge in [0.15, 0.2) is 0 Å². The van der Waals surface area contributed by atoms with Gasteiger partial charge in [-0.15, -0.1) is 11.8 Å². The number of halogens is 1. The van der Waals surface area contributed by atoms with Crippen LogP contribution in [0.5, 0.6) is 0 Å². The van der Waals surface area contributed by atoms with Gasteiger partial charge < -0.3 is 4.90 Å². The first-order valence-corrected chi connectivity index (χ1v) is 6.82. The number of carbonyl (C=O) groups excluding carboxylic acids is 1. The number of benzene rings is 1. The lowest BCUT2D eigenvalue weighted by Gasteiger charge is -2.13. The molecular formula is C12H16BrNOS. The predicted octanol–water partition coefficient (Wildman–Crippen LogP) is 4.13. The topological polar surface area (TPSA) is 20.3 Å². The summed E-state index contributed by atoms with van der Waals surface area (Å²) in [5.74, 6) is 0. The lowest BCUT2D eigenvalue weighted by atomic mass is 10.2. The molecule has 0 heterocycles. The van der Waals surface area contributed by atoms with E-state index >= 15 is 0 Å². The van der Waals surface area contributed by atoms with Crippen LogP contribution in [0.4, 0.5) is 4.79 Å². The van der Waals surface area contributed by atoms with E-state index in [4.69, 9.17) is 0 Å². The number of thioether (sulfide) groups is 1. The van der Waals surface area contributed by atoms with Crippen molar-refractivity contribution in [3.05, 3.63) is 29.8 Å². The normalized spacial score (nSPS) is 10.6. The standard InChI is InChI=1S/C12H16BrNOS/c1-9(2)16-11-6-4-10(5-7-11)8-14(3)12(13)15/h4-7,9H,8H2,1-3H3. The molecule has 1 rings (SSSR count). The van der Waals surface area contributed by atoms with Crippen LogP contribution >= 0.6 is 27.7 Å². The molecule has 0 aromatic heterocycles. The van der Waals surface area contributed by atoms with E-state index in [1.54, 1.807) is 11.9 Å². The molecule has 0 bridgehead atoms. The zero-order valence-electron chi connectivity index (χ0n) is 9.74. The molecule has 0 unspecified atom stereocenters. The van der Waals surface area contributed by atoms with Crippen LogP contribution < -0.4 is 0 Å². The Kier molecular flexibility index (Phi) is 5.35. The second kappa shape index (κ2) is 6.30. The number of rotatable bonds is 4. The first-order valence-electron chi connectivity index (χ1n) is 5.15. The Balaban J connectivity index is 2.61. The first kappa shape index (κ1) is 13.6. The van der Waals surface area contributed by atoms with Crippen molar-refractivity contribution in [2.45, 2.75) is 30.5 Å². The first-order chi connectivity index (χ1) is 7.49. The molecule has 2 nitrogen and oxygen atoms in total. The Morgan fingerprint density at radius 2 is 1.94 bits per heavy atom. The van der Waals surface area contributed by atoms with Crippen LogP contribution in [0, 0.1) is 0 Å². The van der Waals surface area contributed by atoms with Gasteiger partial charge in [0, 0.05) is 39.7 Å². The van der Waals surface area contributed by atoms with Crippen LogP contribution in [-0.4, -0.2) is 22.0 Å². The van der Waals surface area contributed by atoms with Gasteiger partial charge in [-0.2, -0.15) is 0 Å². The van der Waals surface area contributed by atoms with Gasteiger partial charge in [0.1, 0.15) is 0 Å². The minimum Gasteiger partial charge on any atom is -0.332 e. The lowest BCUT2D eigenvalue weighted by Crippen LogP contribution is -2.19. The van der Waals surface area contributed by atoms with Crippen molar-refractivity contribution in [2.75, 3.05) is 7.05 Å². The molecule has 0 aliphatic heterocycles. The van der Waals surface area contributed by atoms with Crippen LogP contribution in [0.1, 0.15) is 19.4 Å². The highest BCUT2D eigenvalue weighted by atomic mass is 79.9. The van der Waals surface area contributed by atoms with Crippen molar-refractivity contribution in [3.8, 4) is 0 Å². The molecule has 0 spiro atoms. The van der Waals surface area contributed by atoms with E-state index in [1.807, 2.05) is 11.8 Å². The fourth-order valence-electron chi connectivity index (χ4n) is 1.28. The van der Waals surface area contributed by atoms with Gasteiger partial charge in [-0.25, -0.2) is 0 Å². The molecule has 1 aromatic carbocycles. The molecule has 0 saturated carbocycles. The maximum Gasteiger partial charge on any atom is 0.289 e. The second-order valence-corrected chi connectivity index (χ2v) is 6.25. The minimum absolute atomic E-state index is 0.0897.